The molecule has 1 aliphatic rings. The minimum atomic E-state index is 0.484. The second-order valence-corrected chi connectivity index (χ2v) is 6.15. The standard InChI is InChI=1S/C20H22/c1-14(2)16-10-12-18(13-11-16)20-15(3)8-9-17-6-4-5-7-19(17)20/h4-15,20H,1-3H3. The first-order valence-corrected chi connectivity index (χ1v) is 7.54. The lowest BCUT2D eigenvalue weighted by Gasteiger charge is -2.28. The Kier molecular flexibility index (Phi) is 3.48. The number of hydrogen-bond donors (Lipinski definition) is 0. The van der Waals surface area contributed by atoms with Crippen molar-refractivity contribution in [1.82, 2.24) is 0 Å². The molecule has 2 aromatic rings. The van der Waals surface area contributed by atoms with Crippen molar-refractivity contribution in [3.8, 4) is 0 Å². The first-order valence-electron chi connectivity index (χ1n) is 7.54. The first-order chi connectivity index (χ1) is 9.66. The highest BCUT2D eigenvalue weighted by molar-refractivity contribution is 5.60. The second-order valence-electron chi connectivity index (χ2n) is 6.15. The van der Waals surface area contributed by atoms with Crippen molar-refractivity contribution in [1.29, 1.82) is 0 Å². The van der Waals surface area contributed by atoms with E-state index in [-0.39, 0.29) is 0 Å². The molecule has 0 fully saturated rings. The molecule has 2 atom stereocenters. The monoisotopic (exact) mass is 262 g/mol. The molecular weight excluding hydrogens is 240 g/mol. The fourth-order valence-corrected chi connectivity index (χ4v) is 3.17. The molecule has 102 valence electrons. The van der Waals surface area contributed by atoms with E-state index in [1.54, 1.807) is 0 Å². The number of rotatable bonds is 2. The van der Waals surface area contributed by atoms with E-state index < -0.39 is 0 Å². The minimum Gasteiger partial charge on any atom is -0.0801 e. The molecule has 0 aliphatic heterocycles. The maximum atomic E-state index is 2.34. The molecule has 20 heavy (non-hydrogen) atoms. The lowest BCUT2D eigenvalue weighted by Crippen LogP contribution is -2.14. The van der Waals surface area contributed by atoms with Crippen LogP contribution in [0.4, 0.5) is 0 Å². The maximum Gasteiger partial charge on any atom is 0.0155 e. The minimum absolute atomic E-state index is 0.484. The third-order valence-corrected chi connectivity index (χ3v) is 4.40. The van der Waals surface area contributed by atoms with Gasteiger partial charge in [0.15, 0.2) is 0 Å². The van der Waals surface area contributed by atoms with E-state index in [1.807, 2.05) is 0 Å². The topological polar surface area (TPSA) is 0 Å². The molecule has 2 aromatic carbocycles. The summed E-state index contributed by atoms with van der Waals surface area (Å²) in [5, 5.41) is 0. The van der Waals surface area contributed by atoms with E-state index >= 15 is 0 Å². The van der Waals surface area contributed by atoms with Crippen molar-refractivity contribution < 1.29 is 0 Å². The molecule has 0 heteroatoms. The van der Waals surface area contributed by atoms with Gasteiger partial charge in [0.2, 0.25) is 0 Å². The fourth-order valence-electron chi connectivity index (χ4n) is 3.17. The second kappa shape index (κ2) is 5.28. The molecule has 0 radical (unpaired) electrons. The van der Waals surface area contributed by atoms with Gasteiger partial charge in [0, 0.05) is 5.92 Å². The van der Waals surface area contributed by atoms with E-state index in [0.29, 0.717) is 17.8 Å². The summed E-state index contributed by atoms with van der Waals surface area (Å²) in [6, 6.07) is 18.0. The fraction of sp³-hybridized carbons (Fsp3) is 0.300. The van der Waals surface area contributed by atoms with Crippen LogP contribution in [0.5, 0.6) is 0 Å². The van der Waals surface area contributed by atoms with Crippen molar-refractivity contribution in [2.24, 2.45) is 5.92 Å². The van der Waals surface area contributed by atoms with E-state index in [9.17, 15) is 0 Å². The summed E-state index contributed by atoms with van der Waals surface area (Å²) in [6.07, 6.45) is 4.60. The molecule has 2 unspecified atom stereocenters. The Morgan fingerprint density at radius 1 is 0.900 bits per heavy atom. The Morgan fingerprint density at radius 2 is 1.60 bits per heavy atom. The summed E-state index contributed by atoms with van der Waals surface area (Å²) in [4.78, 5) is 0. The zero-order valence-corrected chi connectivity index (χ0v) is 12.5. The van der Waals surface area contributed by atoms with Crippen molar-refractivity contribution in [2.75, 3.05) is 0 Å². The molecule has 3 rings (SSSR count). The van der Waals surface area contributed by atoms with Crippen molar-refractivity contribution in [3.63, 3.8) is 0 Å². The van der Waals surface area contributed by atoms with E-state index in [0.717, 1.165) is 0 Å². The highest BCUT2D eigenvalue weighted by atomic mass is 14.3. The highest BCUT2D eigenvalue weighted by Gasteiger charge is 2.24. The molecular formula is C20H22. The Balaban J connectivity index is 2.02. The average molecular weight is 262 g/mol. The van der Waals surface area contributed by atoms with Crippen LogP contribution in [0.1, 0.15) is 54.9 Å². The Hall–Kier alpha value is -1.82. The molecule has 0 heterocycles. The summed E-state index contributed by atoms with van der Waals surface area (Å²) in [7, 11) is 0. The Labute approximate surface area is 122 Å². The van der Waals surface area contributed by atoms with E-state index in [1.165, 1.54) is 22.3 Å². The van der Waals surface area contributed by atoms with Crippen LogP contribution in [0.3, 0.4) is 0 Å². The third-order valence-electron chi connectivity index (χ3n) is 4.40. The van der Waals surface area contributed by atoms with Gasteiger partial charge in [-0.05, 0) is 34.1 Å². The van der Waals surface area contributed by atoms with Crippen LogP contribution < -0.4 is 0 Å². The SMILES string of the molecule is CC(C)c1ccc(C2c3ccccc3C=CC2C)cc1. The van der Waals surface area contributed by atoms with Crippen molar-refractivity contribution in [3.05, 3.63) is 76.9 Å². The average Bonchev–Trinajstić information content (AvgIpc) is 2.47. The van der Waals surface area contributed by atoms with Crippen LogP contribution in [0.15, 0.2) is 54.6 Å². The smallest absolute Gasteiger partial charge is 0.0155 e. The highest BCUT2D eigenvalue weighted by Crippen LogP contribution is 2.39. The van der Waals surface area contributed by atoms with Gasteiger partial charge in [-0.1, -0.05) is 81.5 Å². The Bertz CT molecular complexity index is 617. The molecule has 0 saturated heterocycles. The van der Waals surface area contributed by atoms with Crippen LogP contribution in [0.25, 0.3) is 6.08 Å². The molecule has 0 amide bonds. The molecule has 0 bridgehead atoms. The zero-order valence-electron chi connectivity index (χ0n) is 12.5. The number of hydrogen-bond acceptors (Lipinski definition) is 0. The maximum absolute atomic E-state index is 2.34. The summed E-state index contributed by atoms with van der Waals surface area (Å²) in [6.45, 7) is 6.81. The molecule has 1 aliphatic carbocycles. The predicted octanol–water partition coefficient (Wildman–Crippen LogP) is 5.60. The summed E-state index contributed by atoms with van der Waals surface area (Å²) in [5.74, 6) is 1.63. The predicted molar refractivity (Wildman–Crippen MR) is 87.0 cm³/mol. The lowest BCUT2D eigenvalue weighted by molar-refractivity contribution is 0.618. The number of fused-ring (bicyclic) bond motifs is 1. The van der Waals surface area contributed by atoms with E-state index in [2.05, 4.69) is 81.5 Å². The van der Waals surface area contributed by atoms with Crippen LogP contribution >= 0.6 is 0 Å². The summed E-state index contributed by atoms with van der Waals surface area (Å²) in [5.41, 5.74) is 5.67. The van der Waals surface area contributed by atoms with Gasteiger partial charge in [-0.15, -0.1) is 0 Å². The summed E-state index contributed by atoms with van der Waals surface area (Å²) >= 11 is 0. The molecule has 0 N–H and O–H groups in total. The van der Waals surface area contributed by atoms with Crippen LogP contribution in [-0.2, 0) is 0 Å². The molecule has 0 spiro atoms. The molecule has 0 saturated carbocycles. The number of allylic oxidation sites excluding steroid dienone is 1. The third kappa shape index (κ3) is 2.31. The quantitative estimate of drug-likeness (QED) is 0.660. The van der Waals surface area contributed by atoms with Gasteiger partial charge in [-0.2, -0.15) is 0 Å². The van der Waals surface area contributed by atoms with Crippen molar-refractivity contribution >= 4 is 6.08 Å². The lowest BCUT2D eigenvalue weighted by atomic mass is 9.76. The van der Waals surface area contributed by atoms with E-state index in [4.69, 9.17) is 0 Å². The van der Waals surface area contributed by atoms with Gasteiger partial charge < -0.3 is 0 Å². The molecule has 0 aromatic heterocycles. The largest absolute Gasteiger partial charge is 0.0801 e. The van der Waals surface area contributed by atoms with Crippen molar-refractivity contribution in [2.45, 2.75) is 32.6 Å². The van der Waals surface area contributed by atoms with Gasteiger partial charge in [0.05, 0.1) is 0 Å². The zero-order chi connectivity index (χ0) is 14.1. The van der Waals surface area contributed by atoms with Gasteiger partial charge in [0.25, 0.3) is 0 Å². The first kappa shape index (κ1) is 13.2. The normalized spacial score (nSPS) is 21.0. The van der Waals surface area contributed by atoms with Crippen LogP contribution in [-0.4, -0.2) is 0 Å². The van der Waals surface area contributed by atoms with Gasteiger partial charge in [0.1, 0.15) is 0 Å². The van der Waals surface area contributed by atoms with Gasteiger partial charge >= 0.3 is 0 Å². The van der Waals surface area contributed by atoms with Gasteiger partial charge in [-0.3, -0.25) is 0 Å². The Morgan fingerprint density at radius 3 is 2.30 bits per heavy atom. The number of benzene rings is 2. The van der Waals surface area contributed by atoms with Gasteiger partial charge in [-0.25, -0.2) is 0 Å². The molecule has 0 nitrogen and oxygen atoms in total. The van der Waals surface area contributed by atoms with Crippen LogP contribution in [0.2, 0.25) is 0 Å². The van der Waals surface area contributed by atoms with Crippen LogP contribution in [0, 0.1) is 5.92 Å². The summed E-state index contributed by atoms with van der Waals surface area (Å²) < 4.78 is 0.